The molecular formula is C21H26N2O2. The molecule has 0 amide bonds. The Morgan fingerprint density at radius 1 is 1.12 bits per heavy atom. The Morgan fingerprint density at radius 2 is 1.88 bits per heavy atom. The molecule has 132 valence electrons. The molecule has 0 aliphatic carbocycles. The van der Waals surface area contributed by atoms with E-state index in [1.807, 2.05) is 36.4 Å². The molecule has 4 heteroatoms. The van der Waals surface area contributed by atoms with E-state index < -0.39 is 0 Å². The van der Waals surface area contributed by atoms with Crippen LogP contribution in [0, 0.1) is 0 Å². The van der Waals surface area contributed by atoms with Gasteiger partial charge in [0.05, 0.1) is 17.6 Å². The number of imidazole rings is 1. The lowest BCUT2D eigenvalue weighted by Crippen LogP contribution is -2.08. The Morgan fingerprint density at radius 3 is 2.60 bits per heavy atom. The largest absolute Gasteiger partial charge is 0.494 e. The van der Waals surface area contributed by atoms with Gasteiger partial charge in [-0.2, -0.15) is 0 Å². The van der Waals surface area contributed by atoms with Gasteiger partial charge in [0.25, 0.3) is 0 Å². The number of aryl methyl sites for hydroxylation is 1. The Bertz CT molecular complexity index is 808. The molecule has 25 heavy (non-hydrogen) atoms. The summed E-state index contributed by atoms with van der Waals surface area (Å²) in [5.41, 5.74) is 3.34. The molecule has 0 spiro atoms. The Hall–Kier alpha value is -2.33. The lowest BCUT2D eigenvalue weighted by molar-refractivity contribution is 0.261. The van der Waals surface area contributed by atoms with Gasteiger partial charge in [-0.15, -0.1) is 0 Å². The summed E-state index contributed by atoms with van der Waals surface area (Å²) in [4.78, 5) is 4.47. The van der Waals surface area contributed by atoms with Crippen molar-refractivity contribution in [3.63, 3.8) is 0 Å². The van der Waals surface area contributed by atoms with Gasteiger partial charge in [-0.05, 0) is 48.6 Å². The molecule has 0 bridgehead atoms. The molecule has 0 fully saturated rings. The highest BCUT2D eigenvalue weighted by Crippen LogP contribution is 2.22. The summed E-state index contributed by atoms with van der Waals surface area (Å²) >= 11 is 0. The standard InChI is InChI=1S/C21H26N2O2/c1-3-16(2)17-9-11-18(12-10-17)25-14-6-13-23-20-8-5-4-7-19(20)22-21(23)15-24/h4-5,7-12,16,24H,3,6,13-15H2,1-2H3/t16-/m0/s1. The predicted molar refractivity (Wildman–Crippen MR) is 101 cm³/mol. The van der Waals surface area contributed by atoms with Gasteiger partial charge in [-0.1, -0.05) is 38.1 Å². The van der Waals surface area contributed by atoms with Crippen LogP contribution in [0.3, 0.4) is 0 Å². The van der Waals surface area contributed by atoms with Gasteiger partial charge in [0.15, 0.2) is 0 Å². The third kappa shape index (κ3) is 4.02. The topological polar surface area (TPSA) is 47.3 Å². The van der Waals surface area contributed by atoms with E-state index in [1.165, 1.54) is 5.56 Å². The number of fused-ring (bicyclic) bond motifs is 1. The van der Waals surface area contributed by atoms with Crippen LogP contribution in [0.25, 0.3) is 11.0 Å². The number of aliphatic hydroxyl groups excluding tert-OH is 1. The fourth-order valence-electron chi connectivity index (χ4n) is 3.04. The zero-order valence-corrected chi connectivity index (χ0v) is 15.0. The minimum Gasteiger partial charge on any atom is -0.494 e. The van der Waals surface area contributed by atoms with Crippen molar-refractivity contribution in [3.05, 3.63) is 59.9 Å². The second-order valence-corrected chi connectivity index (χ2v) is 6.41. The number of rotatable bonds is 8. The van der Waals surface area contributed by atoms with Crippen LogP contribution < -0.4 is 4.74 Å². The van der Waals surface area contributed by atoms with E-state index in [9.17, 15) is 5.11 Å². The van der Waals surface area contributed by atoms with E-state index in [-0.39, 0.29) is 6.61 Å². The lowest BCUT2D eigenvalue weighted by Gasteiger charge is -2.11. The molecule has 0 radical (unpaired) electrons. The van der Waals surface area contributed by atoms with Crippen LogP contribution in [-0.2, 0) is 13.2 Å². The van der Waals surface area contributed by atoms with Crippen molar-refractivity contribution >= 4 is 11.0 Å². The third-order valence-corrected chi connectivity index (χ3v) is 4.73. The van der Waals surface area contributed by atoms with E-state index in [2.05, 4.69) is 35.5 Å². The summed E-state index contributed by atoms with van der Waals surface area (Å²) < 4.78 is 7.94. The summed E-state index contributed by atoms with van der Waals surface area (Å²) in [6, 6.07) is 16.4. The molecule has 2 aromatic carbocycles. The van der Waals surface area contributed by atoms with E-state index in [0.29, 0.717) is 18.3 Å². The molecule has 0 unspecified atom stereocenters. The number of para-hydroxylation sites is 2. The van der Waals surface area contributed by atoms with E-state index in [0.717, 1.165) is 36.2 Å². The SMILES string of the molecule is CC[C@H](C)c1ccc(OCCCn2c(CO)nc3ccccc32)cc1. The van der Waals surface area contributed by atoms with Crippen LogP contribution in [0.1, 0.15) is 44.0 Å². The number of nitrogens with zero attached hydrogens (tertiary/aromatic N) is 2. The monoisotopic (exact) mass is 338 g/mol. The van der Waals surface area contributed by atoms with Crippen LogP contribution in [-0.4, -0.2) is 21.3 Å². The number of aromatic nitrogens is 2. The molecule has 0 aliphatic heterocycles. The Balaban J connectivity index is 1.57. The van der Waals surface area contributed by atoms with Crippen molar-refractivity contribution in [2.24, 2.45) is 0 Å². The van der Waals surface area contributed by atoms with Crippen LogP contribution in [0.4, 0.5) is 0 Å². The van der Waals surface area contributed by atoms with Gasteiger partial charge in [0, 0.05) is 6.54 Å². The second kappa shape index (κ2) is 8.17. The summed E-state index contributed by atoms with van der Waals surface area (Å²) in [7, 11) is 0. The maximum Gasteiger partial charge on any atom is 0.135 e. The molecule has 3 aromatic rings. The van der Waals surface area contributed by atoms with Gasteiger partial charge >= 0.3 is 0 Å². The Kier molecular flexibility index (Phi) is 5.71. The zero-order chi connectivity index (χ0) is 17.6. The van der Waals surface area contributed by atoms with Crippen LogP contribution in [0.2, 0.25) is 0 Å². The number of aliphatic hydroxyl groups is 1. The number of hydrogen-bond acceptors (Lipinski definition) is 3. The number of benzene rings is 2. The van der Waals surface area contributed by atoms with Crippen molar-refractivity contribution in [2.45, 2.75) is 45.8 Å². The number of ether oxygens (including phenoxy) is 1. The van der Waals surface area contributed by atoms with Crippen LogP contribution in [0.15, 0.2) is 48.5 Å². The molecular weight excluding hydrogens is 312 g/mol. The summed E-state index contributed by atoms with van der Waals surface area (Å²) in [6.45, 7) is 5.81. The molecule has 4 nitrogen and oxygen atoms in total. The molecule has 0 saturated carbocycles. The first kappa shape index (κ1) is 17.5. The maximum atomic E-state index is 9.53. The molecule has 0 saturated heterocycles. The maximum absolute atomic E-state index is 9.53. The third-order valence-electron chi connectivity index (χ3n) is 4.73. The molecule has 1 atom stereocenters. The van der Waals surface area contributed by atoms with Crippen LogP contribution >= 0.6 is 0 Å². The molecule has 1 N–H and O–H groups in total. The number of hydrogen-bond donors (Lipinski definition) is 1. The predicted octanol–water partition coefficient (Wildman–Crippen LogP) is 4.51. The molecule has 1 aromatic heterocycles. The Labute approximate surface area is 149 Å². The van der Waals surface area contributed by atoms with Gasteiger partial charge in [-0.3, -0.25) is 0 Å². The molecule has 0 aliphatic rings. The highest BCUT2D eigenvalue weighted by molar-refractivity contribution is 5.75. The lowest BCUT2D eigenvalue weighted by atomic mass is 9.99. The van der Waals surface area contributed by atoms with Gasteiger partial charge in [-0.25, -0.2) is 4.98 Å². The highest BCUT2D eigenvalue weighted by Gasteiger charge is 2.09. The minimum absolute atomic E-state index is 0.0490. The fraction of sp³-hybridized carbons (Fsp3) is 0.381. The first-order valence-electron chi connectivity index (χ1n) is 9.00. The second-order valence-electron chi connectivity index (χ2n) is 6.41. The smallest absolute Gasteiger partial charge is 0.135 e. The molecule has 3 rings (SSSR count). The van der Waals surface area contributed by atoms with Crippen molar-refractivity contribution in [2.75, 3.05) is 6.61 Å². The highest BCUT2D eigenvalue weighted by atomic mass is 16.5. The van der Waals surface area contributed by atoms with E-state index in [1.54, 1.807) is 0 Å². The van der Waals surface area contributed by atoms with Crippen LogP contribution in [0.5, 0.6) is 5.75 Å². The van der Waals surface area contributed by atoms with Crippen molar-refractivity contribution < 1.29 is 9.84 Å². The van der Waals surface area contributed by atoms with E-state index in [4.69, 9.17) is 4.74 Å². The van der Waals surface area contributed by atoms with Gasteiger partial charge in [0.1, 0.15) is 18.2 Å². The first-order valence-corrected chi connectivity index (χ1v) is 9.00. The quantitative estimate of drug-likeness (QED) is 0.615. The minimum atomic E-state index is -0.0490. The van der Waals surface area contributed by atoms with E-state index >= 15 is 0 Å². The molecule has 1 heterocycles. The van der Waals surface area contributed by atoms with Crippen molar-refractivity contribution in [1.82, 2.24) is 9.55 Å². The zero-order valence-electron chi connectivity index (χ0n) is 15.0. The summed E-state index contributed by atoms with van der Waals surface area (Å²) in [5, 5.41) is 9.53. The summed E-state index contributed by atoms with van der Waals surface area (Å²) in [5.74, 6) is 2.20. The first-order chi connectivity index (χ1) is 12.2. The van der Waals surface area contributed by atoms with Gasteiger partial charge in [0.2, 0.25) is 0 Å². The fourth-order valence-corrected chi connectivity index (χ4v) is 3.04. The average molecular weight is 338 g/mol. The summed E-state index contributed by atoms with van der Waals surface area (Å²) in [6.07, 6.45) is 2.01. The van der Waals surface area contributed by atoms with Crippen molar-refractivity contribution in [1.29, 1.82) is 0 Å². The average Bonchev–Trinajstić information content (AvgIpc) is 3.03. The van der Waals surface area contributed by atoms with Gasteiger partial charge < -0.3 is 14.4 Å². The van der Waals surface area contributed by atoms with Crippen molar-refractivity contribution in [3.8, 4) is 5.75 Å². The normalized spacial score (nSPS) is 12.4.